The molecule has 1 fully saturated rings. The van der Waals surface area contributed by atoms with E-state index in [-0.39, 0.29) is 10.6 Å². The zero-order valence-corrected chi connectivity index (χ0v) is 15.1. The number of ether oxygens (including phenoxy) is 1. The molecule has 0 amide bonds. The minimum absolute atomic E-state index is 0.0101. The summed E-state index contributed by atoms with van der Waals surface area (Å²) < 4.78 is 5.43. The van der Waals surface area contributed by atoms with E-state index in [1.165, 1.54) is 0 Å². The molecule has 2 aromatic rings. The SMILES string of the molecule is CCOc1ccc(Nc2nc(C)c([N+](=O)[O-])c(N3CCCCC3)n2)cc1. The van der Waals surface area contributed by atoms with Crippen LogP contribution in [0.5, 0.6) is 5.75 Å². The van der Waals surface area contributed by atoms with Crippen LogP contribution in [0.2, 0.25) is 0 Å². The van der Waals surface area contributed by atoms with E-state index in [1.54, 1.807) is 6.92 Å². The molecule has 1 aliphatic rings. The van der Waals surface area contributed by atoms with Gasteiger partial charge in [-0.1, -0.05) is 0 Å². The van der Waals surface area contributed by atoms with Crippen molar-refractivity contribution >= 4 is 23.1 Å². The highest BCUT2D eigenvalue weighted by Gasteiger charge is 2.27. The highest BCUT2D eigenvalue weighted by atomic mass is 16.6. The van der Waals surface area contributed by atoms with E-state index >= 15 is 0 Å². The number of aromatic nitrogens is 2. The lowest BCUT2D eigenvalue weighted by atomic mass is 10.1. The second kappa shape index (κ2) is 7.99. The lowest BCUT2D eigenvalue weighted by Gasteiger charge is -2.27. The van der Waals surface area contributed by atoms with Gasteiger partial charge in [-0.25, -0.2) is 4.98 Å². The average Bonchev–Trinajstić information content (AvgIpc) is 2.63. The average molecular weight is 357 g/mol. The Balaban J connectivity index is 1.89. The van der Waals surface area contributed by atoms with Crippen molar-refractivity contribution in [1.82, 2.24) is 9.97 Å². The van der Waals surface area contributed by atoms with E-state index in [1.807, 2.05) is 36.1 Å². The van der Waals surface area contributed by atoms with Crippen LogP contribution in [0.25, 0.3) is 0 Å². The summed E-state index contributed by atoms with van der Waals surface area (Å²) in [5.74, 6) is 1.54. The summed E-state index contributed by atoms with van der Waals surface area (Å²) >= 11 is 0. The predicted molar refractivity (Wildman–Crippen MR) is 100 cm³/mol. The number of piperidine rings is 1. The molecular formula is C18H23N5O3. The van der Waals surface area contributed by atoms with Crippen molar-refractivity contribution in [2.75, 3.05) is 29.9 Å². The highest BCUT2D eigenvalue weighted by molar-refractivity contribution is 5.65. The quantitative estimate of drug-likeness (QED) is 0.620. The Bertz CT molecular complexity index is 773. The Morgan fingerprint density at radius 2 is 1.88 bits per heavy atom. The maximum atomic E-state index is 11.5. The third-order valence-electron chi connectivity index (χ3n) is 4.30. The van der Waals surface area contributed by atoms with Crippen LogP contribution in [0, 0.1) is 17.0 Å². The van der Waals surface area contributed by atoms with Gasteiger partial charge in [0.15, 0.2) is 0 Å². The van der Waals surface area contributed by atoms with Gasteiger partial charge < -0.3 is 15.0 Å². The van der Waals surface area contributed by atoms with Crippen molar-refractivity contribution in [1.29, 1.82) is 0 Å². The number of aryl methyl sites for hydroxylation is 1. The largest absolute Gasteiger partial charge is 0.494 e. The number of anilines is 3. The first-order valence-electron chi connectivity index (χ1n) is 8.86. The molecule has 0 unspecified atom stereocenters. The van der Waals surface area contributed by atoms with Gasteiger partial charge in [0.05, 0.1) is 11.5 Å². The van der Waals surface area contributed by atoms with Gasteiger partial charge in [0.25, 0.3) is 0 Å². The molecule has 0 saturated carbocycles. The van der Waals surface area contributed by atoms with Crippen molar-refractivity contribution in [2.45, 2.75) is 33.1 Å². The molecule has 1 N–H and O–H groups in total. The molecule has 1 aromatic carbocycles. The molecule has 8 nitrogen and oxygen atoms in total. The zero-order chi connectivity index (χ0) is 18.5. The Labute approximate surface area is 152 Å². The fraction of sp³-hybridized carbons (Fsp3) is 0.444. The van der Waals surface area contributed by atoms with Gasteiger partial charge in [0, 0.05) is 18.8 Å². The maximum Gasteiger partial charge on any atom is 0.332 e. The topological polar surface area (TPSA) is 93.4 Å². The number of nitro groups is 1. The predicted octanol–water partition coefficient (Wildman–Crippen LogP) is 3.83. The molecule has 1 saturated heterocycles. The van der Waals surface area contributed by atoms with Crippen LogP contribution < -0.4 is 15.0 Å². The first kappa shape index (κ1) is 17.9. The van der Waals surface area contributed by atoms with Crippen molar-refractivity contribution in [2.24, 2.45) is 0 Å². The van der Waals surface area contributed by atoms with E-state index in [4.69, 9.17) is 4.74 Å². The van der Waals surface area contributed by atoms with E-state index in [0.717, 1.165) is 43.8 Å². The van der Waals surface area contributed by atoms with E-state index in [9.17, 15) is 10.1 Å². The molecule has 0 atom stereocenters. The van der Waals surface area contributed by atoms with Crippen molar-refractivity contribution in [3.8, 4) is 5.75 Å². The second-order valence-corrected chi connectivity index (χ2v) is 6.19. The van der Waals surface area contributed by atoms with Gasteiger partial charge in [-0.2, -0.15) is 4.98 Å². The van der Waals surface area contributed by atoms with Gasteiger partial charge in [-0.05, 0) is 57.4 Å². The Kier molecular flexibility index (Phi) is 5.50. The Hall–Kier alpha value is -2.90. The first-order chi connectivity index (χ1) is 12.6. The molecule has 8 heteroatoms. The van der Waals surface area contributed by atoms with Crippen LogP contribution in [-0.4, -0.2) is 34.6 Å². The molecule has 1 aromatic heterocycles. The maximum absolute atomic E-state index is 11.5. The number of rotatable bonds is 6. The standard InChI is InChI=1S/C18H23N5O3/c1-3-26-15-9-7-14(8-10-15)20-18-19-13(2)16(23(24)25)17(21-18)22-11-5-4-6-12-22/h7-10H,3-6,11-12H2,1-2H3,(H,19,20,21). The molecule has 3 rings (SSSR count). The van der Waals surface area contributed by atoms with E-state index in [2.05, 4.69) is 15.3 Å². The summed E-state index contributed by atoms with van der Waals surface area (Å²) in [6, 6.07) is 7.45. The smallest absolute Gasteiger partial charge is 0.332 e. The Morgan fingerprint density at radius 3 is 2.50 bits per heavy atom. The highest BCUT2D eigenvalue weighted by Crippen LogP contribution is 2.32. The normalized spacial score (nSPS) is 14.2. The summed E-state index contributed by atoms with van der Waals surface area (Å²) in [7, 11) is 0. The summed E-state index contributed by atoms with van der Waals surface area (Å²) in [4.78, 5) is 21.9. The van der Waals surface area contributed by atoms with E-state index < -0.39 is 0 Å². The summed E-state index contributed by atoms with van der Waals surface area (Å²) in [5, 5.41) is 14.7. The number of hydrogen-bond acceptors (Lipinski definition) is 7. The molecule has 26 heavy (non-hydrogen) atoms. The molecular weight excluding hydrogens is 334 g/mol. The summed E-state index contributed by atoms with van der Waals surface area (Å²) in [5.41, 5.74) is 1.15. The summed E-state index contributed by atoms with van der Waals surface area (Å²) in [6.07, 6.45) is 3.18. The fourth-order valence-electron chi connectivity index (χ4n) is 3.08. The minimum atomic E-state index is -0.389. The molecule has 0 bridgehead atoms. The third-order valence-corrected chi connectivity index (χ3v) is 4.30. The fourth-order valence-corrected chi connectivity index (χ4v) is 3.08. The van der Waals surface area contributed by atoms with Crippen molar-refractivity contribution in [3.63, 3.8) is 0 Å². The van der Waals surface area contributed by atoms with Gasteiger partial charge in [-0.15, -0.1) is 0 Å². The zero-order valence-electron chi connectivity index (χ0n) is 15.1. The monoisotopic (exact) mass is 357 g/mol. The number of benzene rings is 1. The third kappa shape index (κ3) is 4.01. The van der Waals surface area contributed by atoms with Crippen LogP contribution in [0.15, 0.2) is 24.3 Å². The lowest BCUT2D eigenvalue weighted by molar-refractivity contribution is -0.385. The van der Waals surface area contributed by atoms with E-state index in [0.29, 0.717) is 24.1 Å². The van der Waals surface area contributed by atoms with Crippen LogP contribution in [0.3, 0.4) is 0 Å². The van der Waals surface area contributed by atoms with Crippen LogP contribution in [-0.2, 0) is 0 Å². The van der Waals surface area contributed by atoms with Crippen LogP contribution >= 0.6 is 0 Å². The number of nitrogens with one attached hydrogen (secondary N) is 1. The van der Waals surface area contributed by atoms with Crippen LogP contribution in [0.1, 0.15) is 31.9 Å². The minimum Gasteiger partial charge on any atom is -0.494 e. The molecule has 138 valence electrons. The summed E-state index contributed by atoms with van der Waals surface area (Å²) in [6.45, 7) is 5.74. The van der Waals surface area contributed by atoms with Gasteiger partial charge in [0.1, 0.15) is 11.4 Å². The molecule has 0 radical (unpaired) electrons. The second-order valence-electron chi connectivity index (χ2n) is 6.19. The van der Waals surface area contributed by atoms with Gasteiger partial charge in [-0.3, -0.25) is 10.1 Å². The van der Waals surface area contributed by atoms with Crippen molar-refractivity contribution < 1.29 is 9.66 Å². The molecule has 1 aliphatic heterocycles. The molecule has 2 heterocycles. The number of hydrogen-bond donors (Lipinski definition) is 1. The van der Waals surface area contributed by atoms with Gasteiger partial charge in [0.2, 0.25) is 11.8 Å². The number of nitrogens with zero attached hydrogens (tertiary/aromatic N) is 4. The Morgan fingerprint density at radius 1 is 1.19 bits per heavy atom. The van der Waals surface area contributed by atoms with Crippen LogP contribution in [0.4, 0.5) is 23.1 Å². The first-order valence-corrected chi connectivity index (χ1v) is 8.86. The molecule has 0 spiro atoms. The van der Waals surface area contributed by atoms with Gasteiger partial charge >= 0.3 is 5.69 Å². The molecule has 0 aliphatic carbocycles. The van der Waals surface area contributed by atoms with Crippen molar-refractivity contribution in [3.05, 3.63) is 40.1 Å². The lowest BCUT2D eigenvalue weighted by Crippen LogP contribution is -2.31.